The maximum atomic E-state index is 13.0. The largest absolute Gasteiger partial charge is 0.494 e. The summed E-state index contributed by atoms with van der Waals surface area (Å²) >= 11 is 1.36. The van der Waals surface area contributed by atoms with E-state index in [4.69, 9.17) is 27.0 Å². The van der Waals surface area contributed by atoms with E-state index in [1.807, 2.05) is 40.6 Å². The second-order valence-corrected chi connectivity index (χ2v) is 9.04. The third-order valence-electron chi connectivity index (χ3n) is 6.11. The lowest BCUT2D eigenvalue weighted by Gasteiger charge is -2.26. The van der Waals surface area contributed by atoms with Gasteiger partial charge < -0.3 is 31.3 Å². The molecule has 2 aliphatic rings. The van der Waals surface area contributed by atoms with Crippen LogP contribution < -0.4 is 21.5 Å². The highest BCUT2D eigenvalue weighted by molar-refractivity contribution is 7.12. The first-order chi connectivity index (χ1) is 16.4. The van der Waals surface area contributed by atoms with Gasteiger partial charge in [-0.3, -0.25) is 15.6 Å². The highest BCUT2D eigenvalue weighted by atomic mass is 32.1. The van der Waals surface area contributed by atoms with Gasteiger partial charge in [-0.25, -0.2) is 0 Å². The average molecular weight is 496 g/mol. The molecule has 7 N–H and O–H groups in total. The molecule has 0 unspecified atom stereocenters. The lowest BCUT2D eigenvalue weighted by molar-refractivity contribution is 0.102. The molecule has 3 heterocycles. The highest BCUT2D eigenvalue weighted by Gasteiger charge is 2.23. The van der Waals surface area contributed by atoms with Gasteiger partial charge in [-0.15, -0.1) is 11.3 Å². The van der Waals surface area contributed by atoms with Crippen LogP contribution in [0.15, 0.2) is 41.8 Å². The number of benzene rings is 1. The molecular weight excluding hydrogens is 462 g/mol. The van der Waals surface area contributed by atoms with Gasteiger partial charge in [-0.1, -0.05) is 31.7 Å². The van der Waals surface area contributed by atoms with Gasteiger partial charge in [-0.2, -0.15) is 0 Å². The van der Waals surface area contributed by atoms with Crippen molar-refractivity contribution < 1.29 is 9.53 Å². The summed E-state index contributed by atoms with van der Waals surface area (Å²) in [5.74, 6) is 0.524. The van der Waals surface area contributed by atoms with Crippen molar-refractivity contribution in [3.05, 3.63) is 57.8 Å². The summed E-state index contributed by atoms with van der Waals surface area (Å²) in [5, 5.41) is 20.0. The molecule has 0 radical (unpaired) electrons. The summed E-state index contributed by atoms with van der Waals surface area (Å²) in [4.78, 5) is 17.2. The minimum atomic E-state index is -0.211. The van der Waals surface area contributed by atoms with Gasteiger partial charge in [0.2, 0.25) is 0 Å². The van der Waals surface area contributed by atoms with Crippen LogP contribution in [0, 0.1) is 10.8 Å². The Morgan fingerprint density at radius 3 is 2.06 bits per heavy atom. The van der Waals surface area contributed by atoms with Crippen LogP contribution >= 0.6 is 11.3 Å². The molecule has 0 fully saturated rings. The fraction of sp³-hybridized carbons (Fsp3) is 0.320. The van der Waals surface area contributed by atoms with Crippen LogP contribution in [0.25, 0.3) is 11.1 Å². The van der Waals surface area contributed by atoms with Crippen molar-refractivity contribution >= 4 is 46.0 Å². The first kappa shape index (κ1) is 25.8. The number of carbonyl (C=O) groups excluding carboxylic acids is 1. The zero-order valence-corrected chi connectivity index (χ0v) is 19.9. The molecule has 10 heteroatoms. The lowest BCUT2D eigenvalue weighted by atomic mass is 9.99. The van der Waals surface area contributed by atoms with Crippen molar-refractivity contribution in [3.63, 3.8) is 0 Å². The molecule has 1 aromatic heterocycles. The number of thiophene rings is 1. The lowest BCUT2D eigenvalue weighted by Crippen LogP contribution is -2.39. The van der Waals surface area contributed by atoms with Gasteiger partial charge in [0.05, 0.1) is 7.11 Å². The van der Waals surface area contributed by atoms with E-state index in [1.165, 1.54) is 16.9 Å². The summed E-state index contributed by atoms with van der Waals surface area (Å²) in [6.45, 7) is 2.59. The second kappa shape index (κ2) is 11.1. The maximum absolute atomic E-state index is 13.0. The van der Waals surface area contributed by atoms with E-state index in [-0.39, 0.29) is 25.3 Å². The Labute approximate surface area is 210 Å². The number of nitrogens with one attached hydrogen (secondary N) is 3. The van der Waals surface area contributed by atoms with Gasteiger partial charge >= 0.3 is 0 Å². The van der Waals surface area contributed by atoms with Crippen molar-refractivity contribution in [2.75, 3.05) is 38.6 Å². The van der Waals surface area contributed by atoms with E-state index >= 15 is 0 Å². The van der Waals surface area contributed by atoms with E-state index in [0.717, 1.165) is 36.1 Å². The van der Waals surface area contributed by atoms with Crippen molar-refractivity contribution in [2.45, 2.75) is 20.3 Å². The van der Waals surface area contributed by atoms with E-state index < -0.39 is 0 Å². The Morgan fingerprint density at radius 2 is 1.57 bits per heavy atom. The number of nitrogens with two attached hydrogens (primary N) is 2. The normalized spacial score (nSPS) is 15.5. The monoisotopic (exact) mass is 495 g/mol. The van der Waals surface area contributed by atoms with Gasteiger partial charge in [0.1, 0.15) is 10.6 Å². The van der Waals surface area contributed by atoms with Crippen LogP contribution in [0.5, 0.6) is 5.75 Å². The average Bonchev–Trinajstić information content (AvgIpc) is 3.29. The Hall–Kier alpha value is -3.79. The van der Waals surface area contributed by atoms with E-state index in [1.54, 1.807) is 12.0 Å². The number of nitrogens with zero attached hydrogens (tertiary/aromatic N) is 2. The Bertz CT molecular complexity index is 1170. The van der Waals surface area contributed by atoms with Crippen LogP contribution in [-0.4, -0.2) is 60.9 Å². The third kappa shape index (κ3) is 5.65. The molecule has 0 saturated heterocycles. The fourth-order valence-corrected chi connectivity index (χ4v) is 5.12. The predicted octanol–water partition coefficient (Wildman–Crippen LogP) is 3.61. The molecule has 9 nitrogen and oxygen atoms in total. The number of ether oxygens (including phenoxy) is 1. The van der Waals surface area contributed by atoms with Crippen molar-refractivity contribution in [1.82, 2.24) is 9.80 Å². The predicted molar refractivity (Wildman–Crippen MR) is 144 cm³/mol. The van der Waals surface area contributed by atoms with E-state index in [9.17, 15) is 4.79 Å². The smallest absolute Gasteiger partial charge is 0.269 e. The van der Waals surface area contributed by atoms with Gasteiger partial charge in [0.25, 0.3) is 5.91 Å². The van der Waals surface area contributed by atoms with E-state index in [2.05, 4.69) is 11.4 Å². The van der Waals surface area contributed by atoms with Crippen LogP contribution in [-0.2, 0) is 0 Å². The van der Waals surface area contributed by atoms with Gasteiger partial charge in [0, 0.05) is 42.8 Å². The van der Waals surface area contributed by atoms with Crippen molar-refractivity contribution in [3.8, 4) is 5.75 Å². The number of carbonyl (C=O) groups is 1. The number of rotatable bonds is 5. The maximum Gasteiger partial charge on any atom is 0.269 e. The Morgan fingerprint density at radius 1 is 1.00 bits per heavy atom. The van der Waals surface area contributed by atoms with Gasteiger partial charge in [-0.05, 0) is 41.7 Å². The van der Waals surface area contributed by atoms with Crippen LogP contribution in [0.1, 0.15) is 41.1 Å². The van der Waals surface area contributed by atoms with Crippen molar-refractivity contribution in [1.29, 1.82) is 10.8 Å². The Kier molecular flexibility index (Phi) is 8.18. The molecular formula is C25H33N7O2S. The van der Waals surface area contributed by atoms with Crippen LogP contribution in [0.4, 0.5) is 5.69 Å². The molecule has 0 spiro atoms. The molecule has 0 saturated carbocycles. The number of hydrogen-bond donors (Lipinski definition) is 5. The molecule has 0 atom stereocenters. The second-order valence-electron chi connectivity index (χ2n) is 8.16. The standard InChI is InChI=1S/C24H29N7O2S.CH4/c1-33-20-19(17-8-12-31(13-9-17)24(27)28)14-34-21(20)22(32)29-18-4-2-15(3-5-18)16-6-10-30(11-7-16)23(25)26;/h2-6,8,14H,7,9-13H2,1H3,(H3,25,26)(H3,27,28)(H,29,32);1H4. The topological polar surface area (TPSA) is 145 Å². The third-order valence-corrected chi connectivity index (χ3v) is 7.08. The quantitative estimate of drug-likeness (QED) is 0.317. The van der Waals surface area contributed by atoms with E-state index in [0.29, 0.717) is 35.9 Å². The molecule has 1 aromatic carbocycles. The molecule has 2 aliphatic heterocycles. The fourth-order valence-electron chi connectivity index (χ4n) is 4.17. The minimum Gasteiger partial charge on any atom is -0.494 e. The first-order valence-electron chi connectivity index (χ1n) is 11.0. The van der Waals surface area contributed by atoms with Crippen molar-refractivity contribution in [2.24, 2.45) is 11.5 Å². The highest BCUT2D eigenvalue weighted by Crippen LogP contribution is 2.38. The number of hydrogen-bond acceptors (Lipinski definition) is 5. The number of amides is 1. The summed E-state index contributed by atoms with van der Waals surface area (Å²) in [7, 11) is 1.58. The molecule has 186 valence electrons. The Balaban J connectivity index is 0.00000342. The van der Waals surface area contributed by atoms with Crippen LogP contribution in [0.2, 0.25) is 0 Å². The summed E-state index contributed by atoms with van der Waals surface area (Å²) in [6.07, 6.45) is 5.67. The molecule has 1 amide bonds. The molecule has 4 rings (SSSR count). The number of anilines is 1. The zero-order valence-electron chi connectivity index (χ0n) is 19.1. The minimum absolute atomic E-state index is 0. The SMILES string of the molecule is C.COc1c(C2=CCN(C(=N)N)CC2)csc1C(=O)Nc1ccc(C2=CCN(C(=N)N)CC2)cc1. The molecule has 35 heavy (non-hydrogen) atoms. The molecule has 0 aliphatic carbocycles. The van der Waals surface area contributed by atoms with Crippen LogP contribution in [0.3, 0.4) is 0 Å². The zero-order chi connectivity index (χ0) is 24.2. The summed E-state index contributed by atoms with van der Waals surface area (Å²) in [6, 6.07) is 7.78. The number of guanidine groups is 2. The molecule has 2 aromatic rings. The summed E-state index contributed by atoms with van der Waals surface area (Å²) < 4.78 is 5.62. The van der Waals surface area contributed by atoms with Gasteiger partial charge in [0.15, 0.2) is 11.9 Å². The number of methoxy groups -OCH3 is 1. The summed E-state index contributed by atoms with van der Waals surface area (Å²) in [5.41, 5.74) is 16.2. The first-order valence-corrected chi connectivity index (χ1v) is 11.9. The molecule has 0 bridgehead atoms.